The van der Waals surface area contributed by atoms with Gasteiger partial charge in [0.05, 0.1) is 30.2 Å². The lowest BCUT2D eigenvalue weighted by molar-refractivity contribution is 0.104. The van der Waals surface area contributed by atoms with Crippen molar-refractivity contribution in [3.8, 4) is 0 Å². The van der Waals surface area contributed by atoms with Gasteiger partial charge in [0, 0.05) is 34.7 Å². The fourth-order valence-corrected chi connectivity index (χ4v) is 4.35. The van der Waals surface area contributed by atoms with Crippen LogP contribution >= 0.6 is 15.9 Å². The maximum Gasteiger partial charge on any atom is 0.345 e. The maximum absolute atomic E-state index is 12.9. The second-order valence-electron chi connectivity index (χ2n) is 8.30. The number of ether oxygens (including phenoxy) is 1. The van der Waals surface area contributed by atoms with Gasteiger partial charge in [0.15, 0.2) is 5.78 Å². The van der Waals surface area contributed by atoms with Gasteiger partial charge in [-0.3, -0.25) is 9.79 Å². The molecular formula is C29H23BrN2O4. The molecule has 4 aromatic rings. The van der Waals surface area contributed by atoms with E-state index in [-0.39, 0.29) is 5.78 Å². The number of morpholine rings is 1. The number of fused-ring (bicyclic) bond motifs is 1. The van der Waals surface area contributed by atoms with E-state index in [1.54, 1.807) is 42.6 Å². The average molecular weight is 543 g/mol. The van der Waals surface area contributed by atoms with Crippen LogP contribution in [-0.4, -0.2) is 38.3 Å². The molecule has 1 fully saturated rings. The van der Waals surface area contributed by atoms with Gasteiger partial charge in [0.25, 0.3) is 0 Å². The van der Waals surface area contributed by atoms with Crippen LogP contribution < -0.4 is 10.5 Å². The van der Waals surface area contributed by atoms with E-state index in [0.717, 1.165) is 26.8 Å². The summed E-state index contributed by atoms with van der Waals surface area (Å²) in [6, 6.07) is 22.3. The van der Waals surface area contributed by atoms with E-state index in [9.17, 15) is 9.59 Å². The van der Waals surface area contributed by atoms with Gasteiger partial charge in [0.2, 0.25) is 0 Å². The van der Waals surface area contributed by atoms with Crippen LogP contribution in [0.25, 0.3) is 17.0 Å². The van der Waals surface area contributed by atoms with Gasteiger partial charge in [0.1, 0.15) is 5.58 Å². The Balaban J connectivity index is 1.39. The lowest BCUT2D eigenvalue weighted by Crippen LogP contribution is -2.37. The molecule has 0 bridgehead atoms. The van der Waals surface area contributed by atoms with Crippen molar-refractivity contribution in [1.29, 1.82) is 0 Å². The molecule has 0 N–H and O–H groups in total. The number of carbonyl (C=O) groups is 1. The normalized spacial score (nSPS) is 14.2. The number of carbonyl (C=O) groups excluding carboxylic acids is 1. The lowest BCUT2D eigenvalue weighted by Gasteiger charge is -2.30. The minimum atomic E-state index is -0.475. The number of hydrogen-bond acceptors (Lipinski definition) is 6. The first-order valence-corrected chi connectivity index (χ1v) is 12.4. The van der Waals surface area contributed by atoms with E-state index in [0.29, 0.717) is 43.0 Å². The van der Waals surface area contributed by atoms with Crippen LogP contribution in [0.3, 0.4) is 0 Å². The maximum atomic E-state index is 12.9. The molecule has 0 amide bonds. The fraction of sp³-hybridized carbons (Fsp3) is 0.138. The van der Waals surface area contributed by atoms with Crippen LogP contribution in [0.2, 0.25) is 0 Å². The van der Waals surface area contributed by atoms with Crippen molar-refractivity contribution >= 4 is 56.3 Å². The van der Waals surface area contributed by atoms with Crippen molar-refractivity contribution in [2.75, 3.05) is 31.2 Å². The molecule has 0 aliphatic carbocycles. The Morgan fingerprint density at radius 3 is 2.42 bits per heavy atom. The molecule has 180 valence electrons. The monoisotopic (exact) mass is 542 g/mol. The molecule has 6 nitrogen and oxygen atoms in total. The van der Waals surface area contributed by atoms with Gasteiger partial charge < -0.3 is 14.1 Å². The van der Waals surface area contributed by atoms with Crippen LogP contribution in [0.1, 0.15) is 21.5 Å². The van der Waals surface area contributed by atoms with E-state index in [1.165, 1.54) is 6.08 Å². The number of allylic oxidation sites excluding steroid dienone is 1. The minimum absolute atomic E-state index is 0.209. The van der Waals surface area contributed by atoms with Gasteiger partial charge >= 0.3 is 5.63 Å². The van der Waals surface area contributed by atoms with Crippen LogP contribution in [0, 0.1) is 0 Å². The molecule has 1 aromatic heterocycles. The SMILES string of the molecule is O=C(/C=C/c1c(N2CCOCC2)c2ccccc2oc1=O)c1ccc(N=Cc2ccc(Br)cc2)cc1. The fourth-order valence-electron chi connectivity index (χ4n) is 4.09. The number of benzene rings is 3. The van der Waals surface area contributed by atoms with E-state index >= 15 is 0 Å². The number of ketones is 1. The number of para-hydroxylation sites is 1. The second-order valence-corrected chi connectivity index (χ2v) is 9.22. The number of aliphatic imine (C=N–C) groups is 1. The molecule has 2 heterocycles. The summed E-state index contributed by atoms with van der Waals surface area (Å²) in [5.41, 5.74) is 3.40. The van der Waals surface area contributed by atoms with Crippen LogP contribution in [0.5, 0.6) is 0 Å². The van der Waals surface area contributed by atoms with Crippen molar-refractivity contribution in [3.05, 3.63) is 110 Å². The molecule has 5 rings (SSSR count). The average Bonchev–Trinajstić information content (AvgIpc) is 2.92. The molecule has 0 unspecified atom stereocenters. The Bertz CT molecular complexity index is 1500. The Morgan fingerprint density at radius 2 is 1.67 bits per heavy atom. The number of rotatable bonds is 6. The van der Waals surface area contributed by atoms with Gasteiger partial charge in [-0.1, -0.05) is 40.2 Å². The number of nitrogens with zero attached hydrogens (tertiary/aromatic N) is 2. The van der Waals surface area contributed by atoms with Gasteiger partial charge in [-0.2, -0.15) is 0 Å². The van der Waals surface area contributed by atoms with Crippen molar-refractivity contribution < 1.29 is 13.9 Å². The first-order valence-electron chi connectivity index (χ1n) is 11.6. The lowest BCUT2D eigenvalue weighted by atomic mass is 10.1. The molecule has 7 heteroatoms. The van der Waals surface area contributed by atoms with E-state index in [1.807, 2.05) is 42.5 Å². The zero-order valence-electron chi connectivity index (χ0n) is 19.4. The summed E-state index contributed by atoms with van der Waals surface area (Å²) in [5.74, 6) is -0.209. The van der Waals surface area contributed by atoms with Crippen molar-refractivity contribution in [2.45, 2.75) is 0 Å². The molecule has 1 aliphatic heterocycles. The summed E-state index contributed by atoms with van der Waals surface area (Å²) >= 11 is 3.42. The largest absolute Gasteiger partial charge is 0.422 e. The topological polar surface area (TPSA) is 72.1 Å². The van der Waals surface area contributed by atoms with Crippen molar-refractivity contribution in [1.82, 2.24) is 0 Å². The van der Waals surface area contributed by atoms with E-state index < -0.39 is 5.63 Å². The standard InChI is InChI=1S/C29H23BrN2O4/c30-22-9-5-20(6-10-22)19-31-23-11-7-21(8-12-23)26(33)14-13-25-28(32-15-17-35-18-16-32)24-3-1-2-4-27(24)36-29(25)34/h1-14,19H,15-18H2/b14-13+,31-19?. The van der Waals surface area contributed by atoms with Crippen LogP contribution in [0.15, 0.2) is 97.5 Å². The first kappa shape index (κ1) is 23.9. The van der Waals surface area contributed by atoms with Crippen molar-refractivity contribution in [2.24, 2.45) is 4.99 Å². The van der Waals surface area contributed by atoms with Gasteiger partial charge in [-0.25, -0.2) is 4.79 Å². The Morgan fingerprint density at radius 1 is 0.944 bits per heavy atom. The summed E-state index contributed by atoms with van der Waals surface area (Å²) < 4.78 is 12.1. The molecule has 1 saturated heterocycles. The zero-order valence-corrected chi connectivity index (χ0v) is 21.0. The summed E-state index contributed by atoms with van der Waals surface area (Å²) in [6.07, 6.45) is 4.76. The van der Waals surface area contributed by atoms with Crippen LogP contribution in [-0.2, 0) is 4.74 Å². The van der Waals surface area contributed by atoms with E-state index in [4.69, 9.17) is 9.15 Å². The first-order chi connectivity index (χ1) is 17.6. The summed E-state index contributed by atoms with van der Waals surface area (Å²) in [5, 5.41) is 0.832. The summed E-state index contributed by atoms with van der Waals surface area (Å²) in [4.78, 5) is 32.4. The van der Waals surface area contributed by atoms with Crippen molar-refractivity contribution in [3.63, 3.8) is 0 Å². The van der Waals surface area contributed by atoms with E-state index in [2.05, 4.69) is 25.8 Å². The molecule has 0 spiro atoms. The smallest absolute Gasteiger partial charge is 0.345 e. The second kappa shape index (κ2) is 10.8. The predicted octanol–water partition coefficient (Wildman–Crippen LogP) is 6.04. The Hall–Kier alpha value is -3.81. The predicted molar refractivity (Wildman–Crippen MR) is 147 cm³/mol. The Kier molecular flexibility index (Phi) is 7.21. The van der Waals surface area contributed by atoms with Crippen LogP contribution in [0.4, 0.5) is 11.4 Å². The number of hydrogen-bond donors (Lipinski definition) is 0. The third-order valence-electron chi connectivity index (χ3n) is 5.93. The van der Waals surface area contributed by atoms with Gasteiger partial charge in [-0.15, -0.1) is 0 Å². The molecule has 36 heavy (non-hydrogen) atoms. The molecule has 0 radical (unpaired) electrons. The third-order valence-corrected chi connectivity index (χ3v) is 6.46. The summed E-state index contributed by atoms with van der Waals surface area (Å²) in [7, 11) is 0. The highest BCUT2D eigenvalue weighted by Gasteiger charge is 2.20. The molecule has 0 atom stereocenters. The molecule has 3 aromatic carbocycles. The Labute approximate surface area is 216 Å². The minimum Gasteiger partial charge on any atom is -0.422 e. The molecule has 0 saturated carbocycles. The quantitative estimate of drug-likeness (QED) is 0.128. The number of halogens is 1. The highest BCUT2D eigenvalue weighted by Crippen LogP contribution is 2.30. The third kappa shape index (κ3) is 5.37. The highest BCUT2D eigenvalue weighted by molar-refractivity contribution is 9.10. The molecule has 1 aliphatic rings. The zero-order chi connectivity index (χ0) is 24.9. The number of anilines is 1. The highest BCUT2D eigenvalue weighted by atomic mass is 79.9. The summed E-state index contributed by atoms with van der Waals surface area (Å²) in [6.45, 7) is 2.47. The molecular weight excluding hydrogens is 520 g/mol. The van der Waals surface area contributed by atoms with Gasteiger partial charge in [-0.05, 0) is 66.2 Å².